The Bertz CT molecular complexity index is 589. The van der Waals surface area contributed by atoms with Crippen molar-refractivity contribution in [2.75, 3.05) is 6.61 Å². The van der Waals surface area contributed by atoms with E-state index in [0.29, 0.717) is 23.4 Å². The summed E-state index contributed by atoms with van der Waals surface area (Å²) in [5.41, 5.74) is 1.30. The van der Waals surface area contributed by atoms with Crippen LogP contribution in [0.15, 0.2) is 23.0 Å². The quantitative estimate of drug-likeness (QED) is 0.873. The first-order valence-electron chi connectivity index (χ1n) is 5.08. The zero-order valence-corrected chi connectivity index (χ0v) is 9.89. The number of hydrogen-bond acceptors (Lipinski definition) is 2. The van der Waals surface area contributed by atoms with Crippen LogP contribution < -0.4 is 10.2 Å². The fraction of sp³-hybridized carbons (Fsp3) is 0.250. The molecule has 4 heteroatoms. The van der Waals surface area contributed by atoms with Crippen LogP contribution in [0.5, 0.6) is 5.75 Å². The van der Waals surface area contributed by atoms with Crippen LogP contribution in [-0.2, 0) is 0 Å². The van der Waals surface area contributed by atoms with E-state index in [9.17, 15) is 4.79 Å². The summed E-state index contributed by atoms with van der Waals surface area (Å²) < 4.78 is 5.34. The third-order valence-corrected chi connectivity index (χ3v) is 2.85. The van der Waals surface area contributed by atoms with Crippen molar-refractivity contribution in [2.24, 2.45) is 0 Å². The maximum Gasteiger partial charge on any atom is 0.208 e. The van der Waals surface area contributed by atoms with E-state index >= 15 is 0 Å². The third kappa shape index (κ3) is 1.78. The first-order chi connectivity index (χ1) is 7.63. The lowest BCUT2D eigenvalue weighted by Gasteiger charge is -2.06. The first-order valence-corrected chi connectivity index (χ1v) is 5.46. The zero-order valence-electron chi connectivity index (χ0n) is 9.13. The monoisotopic (exact) mass is 237 g/mol. The fourth-order valence-corrected chi connectivity index (χ4v) is 1.77. The summed E-state index contributed by atoms with van der Waals surface area (Å²) in [5, 5.41) is 0.794. The summed E-state index contributed by atoms with van der Waals surface area (Å²) in [6, 6.07) is 5.36. The molecule has 84 valence electrons. The van der Waals surface area contributed by atoms with Crippen molar-refractivity contribution in [3.63, 3.8) is 0 Å². The number of aromatic amines is 1. The number of halogens is 1. The van der Waals surface area contributed by atoms with Crippen molar-refractivity contribution in [3.8, 4) is 5.75 Å². The highest BCUT2D eigenvalue weighted by molar-refractivity contribution is 6.31. The van der Waals surface area contributed by atoms with Crippen molar-refractivity contribution < 1.29 is 4.74 Å². The Morgan fingerprint density at radius 1 is 1.44 bits per heavy atom. The summed E-state index contributed by atoms with van der Waals surface area (Å²) in [4.78, 5) is 15.0. The minimum absolute atomic E-state index is 0.158. The number of pyridine rings is 1. The minimum atomic E-state index is -0.158. The van der Waals surface area contributed by atoms with Gasteiger partial charge in [-0.25, -0.2) is 0 Å². The van der Waals surface area contributed by atoms with Crippen molar-refractivity contribution in [2.45, 2.75) is 13.8 Å². The topological polar surface area (TPSA) is 42.1 Å². The number of rotatable bonds is 2. The Morgan fingerprint density at radius 2 is 2.19 bits per heavy atom. The van der Waals surface area contributed by atoms with Crippen LogP contribution in [0.1, 0.15) is 12.6 Å². The summed E-state index contributed by atoms with van der Waals surface area (Å²) in [6.45, 7) is 4.25. The minimum Gasteiger partial charge on any atom is -0.494 e. The molecule has 0 radical (unpaired) electrons. The largest absolute Gasteiger partial charge is 0.494 e. The predicted molar refractivity (Wildman–Crippen MR) is 65.5 cm³/mol. The first kappa shape index (κ1) is 11.0. The lowest BCUT2D eigenvalue weighted by atomic mass is 10.2. The highest BCUT2D eigenvalue weighted by Crippen LogP contribution is 2.20. The van der Waals surface area contributed by atoms with E-state index in [1.807, 2.05) is 19.1 Å². The Morgan fingerprint density at radius 3 is 2.88 bits per heavy atom. The van der Waals surface area contributed by atoms with Gasteiger partial charge < -0.3 is 9.72 Å². The molecule has 2 aromatic rings. The molecule has 1 heterocycles. The predicted octanol–water partition coefficient (Wildman–Crippen LogP) is 2.89. The Hall–Kier alpha value is -1.48. The van der Waals surface area contributed by atoms with Crippen molar-refractivity contribution in [1.82, 2.24) is 4.98 Å². The maximum atomic E-state index is 11.9. The molecule has 0 aliphatic carbocycles. The molecule has 0 saturated carbocycles. The molecular formula is C12H12ClNO2. The number of H-pyrrole nitrogens is 1. The lowest BCUT2D eigenvalue weighted by Crippen LogP contribution is -2.06. The maximum absolute atomic E-state index is 11.9. The molecule has 0 amide bonds. The van der Waals surface area contributed by atoms with Crippen LogP contribution in [0.3, 0.4) is 0 Å². The third-order valence-electron chi connectivity index (χ3n) is 2.40. The van der Waals surface area contributed by atoms with Gasteiger partial charge >= 0.3 is 0 Å². The van der Waals surface area contributed by atoms with Crippen molar-refractivity contribution in [3.05, 3.63) is 39.1 Å². The van der Waals surface area contributed by atoms with Gasteiger partial charge in [-0.05, 0) is 32.0 Å². The average molecular weight is 238 g/mol. The fourth-order valence-electron chi connectivity index (χ4n) is 1.62. The molecule has 1 aromatic carbocycles. The van der Waals surface area contributed by atoms with E-state index in [0.717, 1.165) is 5.52 Å². The summed E-state index contributed by atoms with van der Waals surface area (Å²) in [6.07, 6.45) is 0. The van der Waals surface area contributed by atoms with Crippen LogP contribution >= 0.6 is 11.6 Å². The van der Waals surface area contributed by atoms with E-state index in [1.165, 1.54) is 0 Å². The van der Waals surface area contributed by atoms with Crippen LogP contribution in [0.4, 0.5) is 0 Å². The average Bonchev–Trinajstić information content (AvgIpc) is 2.28. The van der Waals surface area contributed by atoms with E-state index < -0.39 is 0 Å². The number of aryl methyl sites for hydroxylation is 1. The number of aromatic nitrogens is 1. The SMILES string of the molecule is CCOc1ccc2[nH]c(C)c(Cl)c(=O)c2c1. The molecule has 2 rings (SSSR count). The molecule has 0 fully saturated rings. The summed E-state index contributed by atoms with van der Waals surface area (Å²) >= 11 is 5.90. The van der Waals surface area contributed by atoms with Crippen molar-refractivity contribution >= 4 is 22.5 Å². The molecule has 0 atom stereocenters. The van der Waals surface area contributed by atoms with Crippen LogP contribution in [-0.4, -0.2) is 11.6 Å². The second-order valence-corrected chi connectivity index (χ2v) is 3.91. The van der Waals surface area contributed by atoms with Gasteiger partial charge in [-0.3, -0.25) is 4.79 Å². The van der Waals surface area contributed by atoms with Gasteiger partial charge in [-0.2, -0.15) is 0 Å². The summed E-state index contributed by atoms with van der Waals surface area (Å²) in [7, 11) is 0. The molecule has 0 aliphatic heterocycles. The Labute approximate surface area is 98.0 Å². The number of ether oxygens (including phenoxy) is 1. The molecular weight excluding hydrogens is 226 g/mol. The van der Waals surface area contributed by atoms with Gasteiger partial charge in [0.25, 0.3) is 0 Å². The van der Waals surface area contributed by atoms with Crippen LogP contribution in [0, 0.1) is 6.92 Å². The van der Waals surface area contributed by atoms with Gasteiger partial charge in [-0.1, -0.05) is 11.6 Å². The van der Waals surface area contributed by atoms with Gasteiger partial charge in [0, 0.05) is 11.2 Å². The van der Waals surface area contributed by atoms with Crippen LogP contribution in [0.25, 0.3) is 10.9 Å². The lowest BCUT2D eigenvalue weighted by molar-refractivity contribution is 0.340. The van der Waals surface area contributed by atoms with E-state index in [-0.39, 0.29) is 10.5 Å². The van der Waals surface area contributed by atoms with Gasteiger partial charge in [-0.15, -0.1) is 0 Å². The highest BCUT2D eigenvalue weighted by Gasteiger charge is 2.07. The molecule has 0 bridgehead atoms. The van der Waals surface area contributed by atoms with Gasteiger partial charge in [0.15, 0.2) is 0 Å². The standard InChI is InChI=1S/C12H12ClNO2/c1-3-16-8-4-5-10-9(6-8)12(15)11(13)7(2)14-10/h4-6H,3H2,1-2H3,(H,14,15). The van der Waals surface area contributed by atoms with Gasteiger partial charge in [0.1, 0.15) is 10.8 Å². The summed E-state index contributed by atoms with van der Waals surface area (Å²) in [5.74, 6) is 0.681. The zero-order chi connectivity index (χ0) is 11.7. The van der Waals surface area contributed by atoms with Crippen LogP contribution in [0.2, 0.25) is 5.02 Å². The molecule has 1 aromatic heterocycles. The van der Waals surface area contributed by atoms with E-state index in [4.69, 9.17) is 16.3 Å². The smallest absolute Gasteiger partial charge is 0.208 e. The highest BCUT2D eigenvalue weighted by atomic mass is 35.5. The molecule has 3 nitrogen and oxygen atoms in total. The molecule has 16 heavy (non-hydrogen) atoms. The molecule has 0 spiro atoms. The number of fused-ring (bicyclic) bond motifs is 1. The molecule has 1 N–H and O–H groups in total. The van der Waals surface area contributed by atoms with E-state index in [2.05, 4.69) is 4.98 Å². The van der Waals surface area contributed by atoms with Gasteiger partial charge in [0.05, 0.1) is 12.0 Å². The molecule has 0 aliphatic rings. The second kappa shape index (κ2) is 4.18. The number of hydrogen-bond donors (Lipinski definition) is 1. The van der Waals surface area contributed by atoms with Gasteiger partial charge in [0.2, 0.25) is 5.43 Å². The van der Waals surface area contributed by atoms with Crippen molar-refractivity contribution in [1.29, 1.82) is 0 Å². The molecule has 0 unspecified atom stereocenters. The Kier molecular flexibility index (Phi) is 2.88. The number of benzene rings is 1. The molecule has 0 saturated heterocycles. The second-order valence-electron chi connectivity index (χ2n) is 3.53. The number of nitrogens with one attached hydrogen (secondary N) is 1. The van der Waals surface area contributed by atoms with E-state index in [1.54, 1.807) is 13.0 Å². The normalized spacial score (nSPS) is 10.7. The Balaban J connectivity index is 2.73.